The summed E-state index contributed by atoms with van der Waals surface area (Å²) in [6, 6.07) is 7.47. The summed E-state index contributed by atoms with van der Waals surface area (Å²) in [4.78, 5) is 24.5. The number of nitrogens with zero attached hydrogens (tertiary/aromatic N) is 4. The Morgan fingerprint density at radius 3 is 2.54 bits per heavy atom. The minimum absolute atomic E-state index is 0.337. The van der Waals surface area contributed by atoms with E-state index in [1.54, 1.807) is 25.4 Å². The van der Waals surface area contributed by atoms with Gasteiger partial charge < -0.3 is 14.5 Å². The molecule has 24 heavy (non-hydrogen) atoms. The van der Waals surface area contributed by atoms with Gasteiger partial charge in [0.1, 0.15) is 11.0 Å². The van der Waals surface area contributed by atoms with Gasteiger partial charge >= 0.3 is 5.97 Å². The number of anilines is 2. The van der Waals surface area contributed by atoms with E-state index < -0.39 is 0 Å². The lowest BCUT2D eigenvalue weighted by Crippen LogP contribution is -2.46. The molecule has 0 aliphatic carbocycles. The maximum absolute atomic E-state index is 11.7. The first kappa shape index (κ1) is 16.5. The van der Waals surface area contributed by atoms with E-state index in [1.807, 2.05) is 18.2 Å². The van der Waals surface area contributed by atoms with E-state index in [9.17, 15) is 4.79 Å². The highest BCUT2D eigenvalue weighted by Gasteiger charge is 2.19. The van der Waals surface area contributed by atoms with Gasteiger partial charge in [-0.1, -0.05) is 11.6 Å². The van der Waals surface area contributed by atoms with Crippen molar-refractivity contribution in [2.75, 3.05) is 42.6 Å². The lowest BCUT2D eigenvalue weighted by Gasteiger charge is -2.36. The Hall–Kier alpha value is -2.34. The Morgan fingerprint density at radius 1 is 1.17 bits per heavy atom. The van der Waals surface area contributed by atoms with Gasteiger partial charge in [0.2, 0.25) is 0 Å². The van der Waals surface area contributed by atoms with E-state index in [1.165, 1.54) is 0 Å². The number of esters is 1. The summed E-state index contributed by atoms with van der Waals surface area (Å²) in [5.74, 6) is 0.534. The van der Waals surface area contributed by atoms with Crippen LogP contribution < -0.4 is 9.80 Å². The van der Waals surface area contributed by atoms with E-state index in [2.05, 4.69) is 19.8 Å². The standard InChI is InChI=1S/C17H19ClN4O2/c1-2-24-17(23)13-3-4-16(20-12-13)22-9-7-21(8-10-22)14-5-6-19-15(18)11-14/h3-6,11-12H,2,7-10H2,1H3. The zero-order chi connectivity index (χ0) is 16.9. The molecular weight excluding hydrogens is 328 g/mol. The fraction of sp³-hybridized carbons (Fsp3) is 0.353. The van der Waals surface area contributed by atoms with E-state index in [0.717, 1.165) is 37.7 Å². The number of hydrogen-bond donors (Lipinski definition) is 0. The molecule has 0 unspecified atom stereocenters. The molecule has 2 aromatic rings. The van der Waals surface area contributed by atoms with Crippen molar-refractivity contribution in [3.63, 3.8) is 0 Å². The average molecular weight is 347 g/mol. The van der Waals surface area contributed by atoms with Gasteiger partial charge in [0.05, 0.1) is 12.2 Å². The van der Waals surface area contributed by atoms with E-state index in [-0.39, 0.29) is 5.97 Å². The fourth-order valence-electron chi connectivity index (χ4n) is 2.69. The topological polar surface area (TPSA) is 58.6 Å². The normalized spacial score (nSPS) is 14.6. The molecule has 1 fully saturated rings. The third-order valence-electron chi connectivity index (χ3n) is 3.94. The highest BCUT2D eigenvalue weighted by atomic mass is 35.5. The first-order chi connectivity index (χ1) is 11.7. The van der Waals surface area contributed by atoms with Crippen molar-refractivity contribution in [3.05, 3.63) is 47.4 Å². The molecule has 7 heteroatoms. The van der Waals surface area contributed by atoms with Gasteiger partial charge in [-0.3, -0.25) is 0 Å². The van der Waals surface area contributed by atoms with Crippen LogP contribution in [-0.2, 0) is 4.74 Å². The first-order valence-electron chi connectivity index (χ1n) is 7.92. The molecule has 0 aromatic carbocycles. The molecule has 0 saturated carbocycles. The predicted octanol–water partition coefficient (Wildman–Crippen LogP) is 2.63. The molecule has 1 saturated heterocycles. The number of carbonyl (C=O) groups is 1. The molecule has 0 amide bonds. The molecule has 1 aliphatic rings. The number of aromatic nitrogens is 2. The minimum atomic E-state index is -0.337. The van der Waals surface area contributed by atoms with Crippen LogP contribution in [0.4, 0.5) is 11.5 Å². The van der Waals surface area contributed by atoms with Crippen LogP contribution in [0, 0.1) is 0 Å². The van der Waals surface area contributed by atoms with Crippen LogP contribution in [0.5, 0.6) is 0 Å². The summed E-state index contributed by atoms with van der Waals surface area (Å²) in [6.45, 7) is 5.61. The average Bonchev–Trinajstić information content (AvgIpc) is 2.62. The van der Waals surface area contributed by atoms with Crippen molar-refractivity contribution in [3.8, 4) is 0 Å². The second-order valence-electron chi connectivity index (χ2n) is 5.44. The molecule has 0 bridgehead atoms. The van der Waals surface area contributed by atoms with E-state index in [4.69, 9.17) is 16.3 Å². The summed E-state index contributed by atoms with van der Waals surface area (Å²) in [5, 5.41) is 0.506. The van der Waals surface area contributed by atoms with Crippen LogP contribution in [0.2, 0.25) is 5.15 Å². The Morgan fingerprint density at radius 2 is 1.92 bits per heavy atom. The zero-order valence-electron chi connectivity index (χ0n) is 13.5. The number of carbonyl (C=O) groups excluding carboxylic acids is 1. The fourth-order valence-corrected chi connectivity index (χ4v) is 2.86. The molecule has 3 rings (SSSR count). The molecule has 0 atom stereocenters. The third kappa shape index (κ3) is 3.76. The third-order valence-corrected chi connectivity index (χ3v) is 4.14. The van der Waals surface area contributed by atoms with Crippen LogP contribution in [-0.4, -0.2) is 48.7 Å². The van der Waals surface area contributed by atoms with Crippen LogP contribution in [0.1, 0.15) is 17.3 Å². The lowest BCUT2D eigenvalue weighted by molar-refractivity contribution is 0.0526. The molecule has 0 radical (unpaired) electrons. The number of piperazine rings is 1. The largest absolute Gasteiger partial charge is 0.462 e. The molecule has 0 spiro atoms. The Labute approximate surface area is 146 Å². The first-order valence-corrected chi connectivity index (χ1v) is 8.30. The summed E-state index contributed by atoms with van der Waals surface area (Å²) in [5.41, 5.74) is 1.56. The Bertz CT molecular complexity index is 700. The van der Waals surface area contributed by atoms with Crippen molar-refractivity contribution in [2.24, 2.45) is 0 Å². The van der Waals surface area contributed by atoms with Crippen LogP contribution in [0.15, 0.2) is 36.7 Å². The smallest absolute Gasteiger partial charge is 0.339 e. The van der Waals surface area contributed by atoms with Gasteiger partial charge in [0, 0.05) is 44.3 Å². The van der Waals surface area contributed by atoms with Crippen LogP contribution >= 0.6 is 11.6 Å². The molecule has 0 N–H and O–H groups in total. The van der Waals surface area contributed by atoms with Gasteiger partial charge in [0.25, 0.3) is 0 Å². The highest BCUT2D eigenvalue weighted by molar-refractivity contribution is 6.29. The molecule has 3 heterocycles. The second-order valence-corrected chi connectivity index (χ2v) is 5.82. The number of pyridine rings is 2. The Balaban J connectivity index is 1.61. The lowest BCUT2D eigenvalue weighted by atomic mass is 10.2. The van der Waals surface area contributed by atoms with Gasteiger partial charge in [-0.15, -0.1) is 0 Å². The SMILES string of the molecule is CCOC(=O)c1ccc(N2CCN(c3ccnc(Cl)c3)CC2)nc1. The maximum atomic E-state index is 11.7. The maximum Gasteiger partial charge on any atom is 0.339 e. The quantitative estimate of drug-likeness (QED) is 0.626. The summed E-state index contributed by atoms with van der Waals surface area (Å²) in [7, 11) is 0. The monoisotopic (exact) mass is 346 g/mol. The summed E-state index contributed by atoms with van der Waals surface area (Å²) in [6.07, 6.45) is 3.29. The molecule has 1 aliphatic heterocycles. The molecule has 6 nitrogen and oxygen atoms in total. The van der Waals surface area contributed by atoms with Gasteiger partial charge in [-0.25, -0.2) is 14.8 Å². The van der Waals surface area contributed by atoms with Gasteiger partial charge in [0.15, 0.2) is 0 Å². The number of rotatable bonds is 4. The van der Waals surface area contributed by atoms with E-state index >= 15 is 0 Å². The van der Waals surface area contributed by atoms with Crippen molar-refractivity contribution < 1.29 is 9.53 Å². The summed E-state index contributed by atoms with van der Waals surface area (Å²) < 4.78 is 4.97. The number of halogens is 1. The van der Waals surface area contributed by atoms with E-state index in [0.29, 0.717) is 17.3 Å². The minimum Gasteiger partial charge on any atom is -0.462 e. The molecule has 2 aromatic heterocycles. The highest BCUT2D eigenvalue weighted by Crippen LogP contribution is 2.21. The molecule has 126 valence electrons. The van der Waals surface area contributed by atoms with Crippen molar-refractivity contribution in [2.45, 2.75) is 6.92 Å². The number of ether oxygens (including phenoxy) is 1. The number of hydrogen-bond acceptors (Lipinski definition) is 6. The second kappa shape index (κ2) is 7.49. The zero-order valence-corrected chi connectivity index (χ0v) is 14.2. The molecular formula is C17H19ClN4O2. The van der Waals surface area contributed by atoms with Gasteiger partial charge in [-0.2, -0.15) is 0 Å². The van der Waals surface area contributed by atoms with Crippen molar-refractivity contribution in [1.29, 1.82) is 0 Å². The van der Waals surface area contributed by atoms with Gasteiger partial charge in [-0.05, 0) is 31.2 Å². The predicted molar refractivity (Wildman–Crippen MR) is 93.9 cm³/mol. The van der Waals surface area contributed by atoms with Crippen molar-refractivity contribution >= 4 is 29.1 Å². The van der Waals surface area contributed by atoms with Crippen LogP contribution in [0.3, 0.4) is 0 Å². The summed E-state index contributed by atoms with van der Waals surface area (Å²) >= 11 is 5.96. The van der Waals surface area contributed by atoms with Crippen LogP contribution in [0.25, 0.3) is 0 Å². The van der Waals surface area contributed by atoms with Crippen molar-refractivity contribution in [1.82, 2.24) is 9.97 Å². The Kier molecular flexibility index (Phi) is 5.15.